The number of carbonyl (C=O) groups excluding carboxylic acids is 2. The molecule has 2 amide bonds. The lowest BCUT2D eigenvalue weighted by Crippen LogP contribution is -2.50. The van der Waals surface area contributed by atoms with Gasteiger partial charge in [-0.25, -0.2) is 8.42 Å². The first-order chi connectivity index (χ1) is 20.3. The van der Waals surface area contributed by atoms with Gasteiger partial charge in [-0.15, -0.1) is 0 Å². The molecule has 42 heavy (non-hydrogen) atoms. The number of sulfonamides is 1. The molecule has 0 radical (unpaired) electrons. The van der Waals surface area contributed by atoms with E-state index < -0.39 is 16.1 Å². The number of nitrogens with one attached hydrogen (secondary N) is 1. The van der Waals surface area contributed by atoms with Crippen LogP contribution in [0.15, 0.2) is 83.8 Å². The first-order valence-corrected chi connectivity index (χ1v) is 16.1. The quantitative estimate of drug-likeness (QED) is 0.296. The van der Waals surface area contributed by atoms with Gasteiger partial charge >= 0.3 is 0 Å². The third-order valence-corrected chi connectivity index (χ3v) is 9.50. The van der Waals surface area contributed by atoms with Gasteiger partial charge in [0.25, 0.3) is 0 Å². The summed E-state index contributed by atoms with van der Waals surface area (Å²) in [5.74, 6) is 0.388. The van der Waals surface area contributed by atoms with Crippen LogP contribution in [0.1, 0.15) is 49.3 Å². The summed E-state index contributed by atoms with van der Waals surface area (Å²) in [6, 6.07) is 23.3. The molecule has 0 spiro atoms. The van der Waals surface area contributed by atoms with Gasteiger partial charge in [-0.05, 0) is 66.6 Å². The Morgan fingerprint density at radius 1 is 0.905 bits per heavy atom. The monoisotopic (exact) mass is 591 g/mol. The highest BCUT2D eigenvalue weighted by Crippen LogP contribution is 2.22. The van der Waals surface area contributed by atoms with E-state index in [4.69, 9.17) is 4.74 Å². The Morgan fingerprint density at radius 3 is 2.17 bits per heavy atom. The van der Waals surface area contributed by atoms with Crippen LogP contribution in [0.5, 0.6) is 5.75 Å². The lowest BCUT2D eigenvalue weighted by molar-refractivity contribution is -0.141. The van der Waals surface area contributed by atoms with Crippen molar-refractivity contribution in [3.8, 4) is 5.75 Å². The maximum atomic E-state index is 13.9. The standard InChI is InChI=1S/C33H41N3O5S/c1-3-21-34-33(38)31(24-27-9-5-4-6-10-27)36(25-28-11-16-29(41-2)17-12-28)32(37)20-15-26-13-18-30(19-14-26)42(39,40)35-22-7-8-23-35/h4-6,9-14,16-19,31H,3,7-8,15,20-25H2,1-2H3,(H,34,38)/t31-/m1/s1. The van der Waals surface area contributed by atoms with Crippen molar-refractivity contribution in [3.63, 3.8) is 0 Å². The van der Waals surface area contributed by atoms with Gasteiger partial charge in [-0.3, -0.25) is 9.59 Å². The summed E-state index contributed by atoms with van der Waals surface area (Å²) in [6.45, 7) is 3.90. The van der Waals surface area contributed by atoms with E-state index in [9.17, 15) is 18.0 Å². The Hall–Kier alpha value is -3.69. The summed E-state index contributed by atoms with van der Waals surface area (Å²) in [6.07, 6.45) is 3.56. The number of carbonyl (C=O) groups is 2. The third kappa shape index (κ3) is 8.20. The lowest BCUT2D eigenvalue weighted by atomic mass is 10.0. The number of ether oxygens (including phenoxy) is 1. The summed E-state index contributed by atoms with van der Waals surface area (Å²) in [4.78, 5) is 29.3. The average Bonchev–Trinajstić information content (AvgIpc) is 3.58. The predicted molar refractivity (Wildman–Crippen MR) is 164 cm³/mol. The normalized spacial score (nSPS) is 14.3. The fraction of sp³-hybridized carbons (Fsp3) is 0.394. The van der Waals surface area contributed by atoms with Gasteiger partial charge in [-0.2, -0.15) is 4.31 Å². The Labute approximate surface area is 249 Å². The van der Waals surface area contributed by atoms with Gasteiger partial charge in [0.05, 0.1) is 12.0 Å². The van der Waals surface area contributed by atoms with Crippen LogP contribution in [-0.4, -0.2) is 62.2 Å². The number of amides is 2. The van der Waals surface area contributed by atoms with E-state index in [0.29, 0.717) is 38.2 Å². The smallest absolute Gasteiger partial charge is 0.243 e. The largest absolute Gasteiger partial charge is 0.497 e. The number of hydrogen-bond acceptors (Lipinski definition) is 5. The van der Waals surface area contributed by atoms with E-state index in [0.717, 1.165) is 36.0 Å². The third-order valence-electron chi connectivity index (χ3n) is 7.59. The maximum Gasteiger partial charge on any atom is 0.243 e. The second kappa shape index (κ2) is 15.0. The van der Waals surface area contributed by atoms with E-state index in [-0.39, 0.29) is 29.7 Å². The number of hydrogen-bond donors (Lipinski definition) is 1. The molecule has 0 aromatic heterocycles. The Morgan fingerprint density at radius 2 is 1.55 bits per heavy atom. The lowest BCUT2D eigenvalue weighted by Gasteiger charge is -2.31. The minimum absolute atomic E-state index is 0.146. The molecule has 3 aromatic carbocycles. The van der Waals surface area contributed by atoms with Crippen molar-refractivity contribution in [1.29, 1.82) is 0 Å². The van der Waals surface area contributed by atoms with E-state index >= 15 is 0 Å². The van der Waals surface area contributed by atoms with Crippen molar-refractivity contribution in [2.24, 2.45) is 0 Å². The van der Waals surface area contributed by atoms with E-state index in [2.05, 4.69) is 5.32 Å². The van der Waals surface area contributed by atoms with Crippen LogP contribution in [0.2, 0.25) is 0 Å². The Kier molecular flexibility index (Phi) is 11.1. The van der Waals surface area contributed by atoms with Crippen molar-refractivity contribution in [3.05, 3.63) is 95.6 Å². The minimum atomic E-state index is -3.49. The van der Waals surface area contributed by atoms with Crippen molar-refractivity contribution in [1.82, 2.24) is 14.5 Å². The molecule has 224 valence electrons. The van der Waals surface area contributed by atoms with Crippen molar-refractivity contribution >= 4 is 21.8 Å². The van der Waals surface area contributed by atoms with E-state index in [1.807, 2.05) is 61.5 Å². The molecule has 0 bridgehead atoms. The molecule has 1 atom stereocenters. The fourth-order valence-corrected chi connectivity index (χ4v) is 6.67. The van der Waals surface area contributed by atoms with Crippen LogP contribution in [0, 0.1) is 0 Å². The second-order valence-electron chi connectivity index (χ2n) is 10.6. The van der Waals surface area contributed by atoms with Gasteiger partial charge in [0.1, 0.15) is 11.8 Å². The Balaban J connectivity index is 1.54. The fourth-order valence-electron chi connectivity index (χ4n) is 5.15. The number of nitrogens with zero attached hydrogens (tertiary/aromatic N) is 2. The zero-order chi connectivity index (χ0) is 30.0. The average molecular weight is 592 g/mol. The summed E-state index contributed by atoms with van der Waals surface area (Å²) in [5, 5.41) is 3.00. The number of benzene rings is 3. The molecule has 1 fully saturated rings. The van der Waals surface area contributed by atoms with E-state index in [1.165, 1.54) is 4.31 Å². The Bertz CT molecular complexity index is 1400. The molecule has 9 heteroatoms. The summed E-state index contributed by atoms with van der Waals surface area (Å²) in [5.41, 5.74) is 2.72. The van der Waals surface area contributed by atoms with Gasteiger partial charge in [0.2, 0.25) is 21.8 Å². The molecule has 0 saturated carbocycles. The van der Waals surface area contributed by atoms with Crippen molar-refractivity contribution in [2.45, 2.75) is 62.9 Å². The molecular formula is C33H41N3O5S. The molecule has 1 N–H and O–H groups in total. The van der Waals surface area contributed by atoms with Crippen LogP contribution in [-0.2, 0) is 39.0 Å². The van der Waals surface area contributed by atoms with Gasteiger partial charge < -0.3 is 15.0 Å². The molecule has 0 aliphatic carbocycles. The van der Waals surface area contributed by atoms with Gasteiger partial charge in [-0.1, -0.05) is 61.5 Å². The zero-order valence-corrected chi connectivity index (χ0v) is 25.3. The van der Waals surface area contributed by atoms with Crippen LogP contribution in [0.25, 0.3) is 0 Å². The van der Waals surface area contributed by atoms with Crippen molar-refractivity contribution < 1.29 is 22.7 Å². The highest BCUT2D eigenvalue weighted by atomic mass is 32.2. The van der Waals surface area contributed by atoms with Crippen LogP contribution in [0.4, 0.5) is 0 Å². The maximum absolute atomic E-state index is 13.9. The molecule has 4 rings (SSSR count). The molecule has 8 nitrogen and oxygen atoms in total. The SMILES string of the molecule is CCCNC(=O)[C@@H](Cc1ccccc1)N(Cc1ccc(OC)cc1)C(=O)CCc1ccc(S(=O)(=O)N2CCCC2)cc1. The zero-order valence-electron chi connectivity index (χ0n) is 24.5. The van der Waals surface area contributed by atoms with Crippen LogP contribution < -0.4 is 10.1 Å². The van der Waals surface area contributed by atoms with Gasteiger partial charge in [0, 0.05) is 39.0 Å². The first-order valence-electron chi connectivity index (χ1n) is 14.6. The summed E-state index contributed by atoms with van der Waals surface area (Å²) >= 11 is 0. The highest BCUT2D eigenvalue weighted by molar-refractivity contribution is 7.89. The molecule has 1 aliphatic rings. The minimum Gasteiger partial charge on any atom is -0.497 e. The predicted octanol–water partition coefficient (Wildman–Crippen LogP) is 4.58. The molecule has 3 aromatic rings. The van der Waals surface area contributed by atoms with Crippen molar-refractivity contribution in [2.75, 3.05) is 26.7 Å². The van der Waals surface area contributed by atoms with Gasteiger partial charge in [0.15, 0.2) is 0 Å². The van der Waals surface area contributed by atoms with Crippen LogP contribution >= 0.6 is 0 Å². The molecule has 1 aliphatic heterocycles. The van der Waals surface area contributed by atoms with Crippen LogP contribution in [0.3, 0.4) is 0 Å². The molecular weight excluding hydrogens is 550 g/mol. The number of methoxy groups -OCH3 is 1. The summed E-state index contributed by atoms with van der Waals surface area (Å²) in [7, 11) is -1.89. The van der Waals surface area contributed by atoms with E-state index in [1.54, 1.807) is 36.3 Å². The summed E-state index contributed by atoms with van der Waals surface area (Å²) < 4.78 is 32.6. The molecule has 1 saturated heterocycles. The second-order valence-corrected chi connectivity index (χ2v) is 12.6. The first kappa shape index (κ1) is 31.3. The topological polar surface area (TPSA) is 96.0 Å². The molecule has 0 unspecified atom stereocenters. The number of rotatable bonds is 14. The number of aryl methyl sites for hydroxylation is 1. The molecule has 1 heterocycles. The highest BCUT2D eigenvalue weighted by Gasteiger charge is 2.30.